The van der Waals surface area contributed by atoms with Crippen molar-refractivity contribution < 1.29 is 9.90 Å². The molecule has 1 unspecified atom stereocenters. The number of aliphatic carboxylic acids is 1. The maximum absolute atomic E-state index is 11.6. The van der Waals surface area contributed by atoms with Crippen LogP contribution in [-0.4, -0.2) is 38.8 Å². The molecule has 1 aromatic rings. The van der Waals surface area contributed by atoms with Gasteiger partial charge in [-0.3, -0.25) is 14.4 Å². The van der Waals surface area contributed by atoms with Crippen LogP contribution in [0.1, 0.15) is 50.6 Å². The molecular weight excluding hydrogens is 242 g/mol. The van der Waals surface area contributed by atoms with Gasteiger partial charge in [-0.2, -0.15) is 5.10 Å². The van der Waals surface area contributed by atoms with Crippen molar-refractivity contribution in [3.8, 4) is 0 Å². The van der Waals surface area contributed by atoms with Gasteiger partial charge >= 0.3 is 5.97 Å². The van der Waals surface area contributed by atoms with Crippen LogP contribution in [0.25, 0.3) is 0 Å². The van der Waals surface area contributed by atoms with Crippen molar-refractivity contribution in [3.63, 3.8) is 0 Å². The van der Waals surface area contributed by atoms with Gasteiger partial charge in [0, 0.05) is 18.3 Å². The van der Waals surface area contributed by atoms with Gasteiger partial charge in [-0.1, -0.05) is 19.8 Å². The molecule has 1 atom stereocenters. The molecule has 0 aliphatic carbocycles. The molecule has 5 heteroatoms. The van der Waals surface area contributed by atoms with Crippen molar-refractivity contribution in [2.24, 2.45) is 0 Å². The molecular formula is C14H23N3O2. The molecule has 0 spiro atoms. The Kier molecular flexibility index (Phi) is 4.96. The monoisotopic (exact) mass is 265 g/mol. The van der Waals surface area contributed by atoms with Gasteiger partial charge < -0.3 is 5.11 Å². The Morgan fingerprint density at radius 1 is 1.37 bits per heavy atom. The highest BCUT2D eigenvalue weighted by molar-refractivity contribution is 5.75. The van der Waals surface area contributed by atoms with Crippen LogP contribution in [0.5, 0.6) is 0 Å². The zero-order chi connectivity index (χ0) is 13.7. The smallest absolute Gasteiger partial charge is 0.325 e. The van der Waals surface area contributed by atoms with Crippen molar-refractivity contribution >= 4 is 5.97 Å². The Morgan fingerprint density at radius 2 is 2.05 bits per heavy atom. The third-order valence-corrected chi connectivity index (χ3v) is 3.66. The molecule has 2 rings (SSSR count). The van der Waals surface area contributed by atoms with E-state index in [1.807, 2.05) is 10.9 Å². The summed E-state index contributed by atoms with van der Waals surface area (Å²) in [7, 11) is 0. The van der Waals surface area contributed by atoms with E-state index >= 15 is 0 Å². The molecule has 1 saturated heterocycles. The zero-order valence-corrected chi connectivity index (χ0v) is 11.6. The third-order valence-electron chi connectivity index (χ3n) is 3.66. The molecule has 0 amide bonds. The lowest BCUT2D eigenvalue weighted by Gasteiger charge is -2.26. The van der Waals surface area contributed by atoms with Crippen molar-refractivity contribution in [1.82, 2.24) is 14.7 Å². The first kappa shape index (κ1) is 14.1. The fourth-order valence-electron chi connectivity index (χ4n) is 2.74. The summed E-state index contributed by atoms with van der Waals surface area (Å²) >= 11 is 0. The van der Waals surface area contributed by atoms with Crippen LogP contribution in [0.15, 0.2) is 12.4 Å². The lowest BCUT2D eigenvalue weighted by atomic mass is 10.1. The average molecular weight is 265 g/mol. The number of carbonyl (C=O) groups is 1. The summed E-state index contributed by atoms with van der Waals surface area (Å²) < 4.78 is 1.84. The molecule has 0 saturated carbocycles. The van der Waals surface area contributed by atoms with Gasteiger partial charge in [-0.15, -0.1) is 0 Å². The standard InChI is InChI=1S/C14H23N3O2/c1-2-7-17-11-12(10-15-17)13(14(18)19)16-8-5-3-4-6-9-16/h10-11,13H,2-9H2,1H3,(H,18,19). The summed E-state index contributed by atoms with van der Waals surface area (Å²) in [6.07, 6.45) is 9.19. The number of rotatable bonds is 5. The van der Waals surface area contributed by atoms with Crippen LogP contribution < -0.4 is 0 Å². The van der Waals surface area contributed by atoms with Gasteiger partial charge in [-0.25, -0.2) is 0 Å². The highest BCUT2D eigenvalue weighted by atomic mass is 16.4. The Hall–Kier alpha value is -1.36. The number of carboxylic acids is 1. The van der Waals surface area contributed by atoms with E-state index in [1.165, 1.54) is 12.8 Å². The normalized spacial score (nSPS) is 19.0. The lowest BCUT2D eigenvalue weighted by molar-refractivity contribution is -0.143. The first-order valence-electron chi connectivity index (χ1n) is 7.21. The highest BCUT2D eigenvalue weighted by Gasteiger charge is 2.28. The summed E-state index contributed by atoms with van der Waals surface area (Å²) in [6, 6.07) is -0.538. The molecule has 1 aliphatic rings. The number of carboxylic acid groups (broad SMARTS) is 1. The summed E-state index contributed by atoms with van der Waals surface area (Å²) in [4.78, 5) is 13.7. The van der Waals surface area contributed by atoms with E-state index in [0.29, 0.717) is 0 Å². The molecule has 1 N–H and O–H groups in total. The van der Waals surface area contributed by atoms with E-state index in [0.717, 1.165) is 44.5 Å². The third kappa shape index (κ3) is 3.56. The average Bonchev–Trinajstić information content (AvgIpc) is 2.65. The first-order chi connectivity index (χ1) is 9.22. The summed E-state index contributed by atoms with van der Waals surface area (Å²) in [5.41, 5.74) is 0.808. The van der Waals surface area contributed by atoms with Crippen LogP contribution in [-0.2, 0) is 11.3 Å². The van der Waals surface area contributed by atoms with E-state index in [-0.39, 0.29) is 0 Å². The largest absolute Gasteiger partial charge is 0.480 e. The van der Waals surface area contributed by atoms with Crippen molar-refractivity contribution in [2.45, 2.75) is 51.6 Å². The maximum Gasteiger partial charge on any atom is 0.325 e. The summed E-state index contributed by atoms with van der Waals surface area (Å²) in [5.74, 6) is -0.766. The number of hydrogen-bond acceptors (Lipinski definition) is 3. The van der Waals surface area contributed by atoms with Crippen molar-refractivity contribution in [2.75, 3.05) is 13.1 Å². The van der Waals surface area contributed by atoms with E-state index in [1.54, 1.807) is 6.20 Å². The lowest BCUT2D eigenvalue weighted by Crippen LogP contribution is -2.34. The molecule has 0 radical (unpaired) electrons. The Bertz CT molecular complexity index is 409. The summed E-state index contributed by atoms with van der Waals surface area (Å²) in [5, 5.41) is 13.8. The fraction of sp³-hybridized carbons (Fsp3) is 0.714. The molecule has 19 heavy (non-hydrogen) atoms. The fourth-order valence-corrected chi connectivity index (χ4v) is 2.74. The number of likely N-dealkylation sites (tertiary alicyclic amines) is 1. The molecule has 1 aromatic heterocycles. The van der Waals surface area contributed by atoms with Gasteiger partial charge in [0.15, 0.2) is 0 Å². The topological polar surface area (TPSA) is 58.4 Å². The molecule has 0 aromatic carbocycles. The minimum absolute atomic E-state index is 0.538. The maximum atomic E-state index is 11.6. The van der Waals surface area contributed by atoms with Crippen molar-refractivity contribution in [1.29, 1.82) is 0 Å². The molecule has 2 heterocycles. The predicted octanol–water partition coefficient (Wildman–Crippen LogP) is 2.29. The Labute approximate surface area is 114 Å². The zero-order valence-electron chi connectivity index (χ0n) is 11.6. The van der Waals surface area contributed by atoms with E-state index < -0.39 is 12.0 Å². The molecule has 0 bridgehead atoms. The van der Waals surface area contributed by atoms with Gasteiger partial charge in [0.25, 0.3) is 0 Å². The van der Waals surface area contributed by atoms with E-state index in [2.05, 4.69) is 16.9 Å². The quantitative estimate of drug-likeness (QED) is 0.887. The predicted molar refractivity (Wildman–Crippen MR) is 72.9 cm³/mol. The molecule has 1 fully saturated rings. The molecule has 1 aliphatic heterocycles. The van der Waals surface area contributed by atoms with Gasteiger partial charge in [0.1, 0.15) is 6.04 Å². The first-order valence-corrected chi connectivity index (χ1v) is 7.21. The Morgan fingerprint density at radius 3 is 2.63 bits per heavy atom. The van der Waals surface area contributed by atoms with Gasteiger partial charge in [0.05, 0.1) is 6.20 Å². The molecule has 106 valence electrons. The van der Waals surface area contributed by atoms with Crippen LogP contribution in [0, 0.1) is 0 Å². The Balaban J connectivity index is 2.15. The minimum atomic E-state index is -0.766. The number of nitrogens with zero attached hydrogens (tertiary/aromatic N) is 3. The van der Waals surface area contributed by atoms with Crippen LogP contribution in [0.3, 0.4) is 0 Å². The van der Waals surface area contributed by atoms with E-state index in [9.17, 15) is 9.90 Å². The number of aryl methyl sites for hydroxylation is 1. The van der Waals surface area contributed by atoms with Crippen LogP contribution in [0.4, 0.5) is 0 Å². The van der Waals surface area contributed by atoms with Crippen LogP contribution >= 0.6 is 0 Å². The van der Waals surface area contributed by atoms with E-state index in [4.69, 9.17) is 0 Å². The SMILES string of the molecule is CCCn1cc(C(C(=O)O)N2CCCCCC2)cn1. The summed E-state index contributed by atoms with van der Waals surface area (Å²) in [6.45, 7) is 4.67. The highest BCUT2D eigenvalue weighted by Crippen LogP contribution is 2.24. The second-order valence-electron chi connectivity index (χ2n) is 5.23. The van der Waals surface area contributed by atoms with Crippen molar-refractivity contribution in [3.05, 3.63) is 18.0 Å². The number of hydrogen-bond donors (Lipinski definition) is 1. The second-order valence-corrected chi connectivity index (χ2v) is 5.23. The number of aromatic nitrogens is 2. The minimum Gasteiger partial charge on any atom is -0.480 e. The van der Waals surface area contributed by atoms with Gasteiger partial charge in [-0.05, 0) is 32.4 Å². The van der Waals surface area contributed by atoms with Gasteiger partial charge in [0.2, 0.25) is 0 Å². The second kappa shape index (κ2) is 6.70. The molecule has 5 nitrogen and oxygen atoms in total. The van der Waals surface area contributed by atoms with Crippen LogP contribution in [0.2, 0.25) is 0 Å².